The monoisotopic (exact) mass is 1960 g/mol. The Morgan fingerprint density at radius 3 is 0.440 bits per heavy atom. The van der Waals surface area contributed by atoms with Crippen molar-refractivity contribution in [2.45, 2.75) is 291 Å². The van der Waals surface area contributed by atoms with Crippen molar-refractivity contribution in [1.29, 1.82) is 0 Å². The summed E-state index contributed by atoms with van der Waals surface area (Å²) in [6, 6.07) is 0. The van der Waals surface area contributed by atoms with Gasteiger partial charge in [-0.2, -0.15) is 82.3 Å². The summed E-state index contributed by atoms with van der Waals surface area (Å²) in [5.74, 6) is -13.8. The molecule has 30 aliphatic rings. The second-order valence-corrected chi connectivity index (χ2v) is 39.0. The van der Waals surface area contributed by atoms with Crippen LogP contribution in [0.15, 0.2) is 0 Å². The number of aliphatic hydroxyl groups is 16. The average molecular weight is 1960 g/mol. The number of aliphatic hydroxyl groups excluding tert-OH is 16. The molecule has 30 fully saturated rings. The molecule has 2 unspecified atom stereocenters. The predicted molar refractivity (Wildman–Crippen MR) is 427 cm³/mol. The van der Waals surface area contributed by atoms with E-state index in [1.54, 1.807) is 0 Å². The van der Waals surface area contributed by atoms with E-state index in [9.17, 15) is 160 Å². The Labute approximate surface area is 743 Å². The lowest BCUT2D eigenvalue weighted by atomic mass is 9.95. The Hall–Kier alpha value is -2.43. The van der Waals surface area contributed by atoms with Crippen LogP contribution in [0.3, 0.4) is 0 Å². The van der Waals surface area contributed by atoms with Gasteiger partial charge in [0.1, 0.15) is 153 Å². The maximum atomic E-state index is 12.8. The molecule has 720 valence electrons. The Morgan fingerprint density at radius 2 is 0.320 bits per heavy atom. The van der Waals surface area contributed by atoms with Crippen molar-refractivity contribution in [3.63, 3.8) is 0 Å². The number of aliphatic carboxylic acids is 7. The summed E-state index contributed by atoms with van der Waals surface area (Å²) in [7, 11) is 0. The Kier molecular flexibility index (Phi) is 43.2. The molecule has 0 spiro atoms. The van der Waals surface area contributed by atoms with Crippen LogP contribution in [0.25, 0.3) is 0 Å². The van der Waals surface area contributed by atoms with E-state index in [0.717, 1.165) is 82.3 Å². The second-order valence-electron chi connectivity index (χ2n) is 30.0. The quantitative estimate of drug-likeness (QED) is 0.0203. The Balaban J connectivity index is 1.11. The Bertz CT molecular complexity index is 3300. The highest BCUT2D eigenvalue weighted by Crippen LogP contribution is 2.43. The molecule has 24 N–H and O–H groups in total. The molecule has 0 aromatic rings. The molecule has 48 nitrogen and oxygen atoms in total. The molecule has 0 aliphatic carbocycles. The lowest BCUT2D eigenvalue weighted by Gasteiger charge is -2.51. The van der Waals surface area contributed by atoms with E-state index in [2.05, 4.69) is 0 Å². The third kappa shape index (κ3) is 29.5. The fraction of sp³-hybridized carbons (Fsp3) is 0.899. The van der Waals surface area contributed by atoms with Crippen LogP contribution in [0.4, 0.5) is 0 Å². The summed E-state index contributed by atoms with van der Waals surface area (Å²) in [6.07, 6.45) is -87.0. The van der Waals surface area contributed by atoms with Crippen LogP contribution < -0.4 is 0 Å². The molecule has 41 atom stereocenters. The molecule has 16 bridgehead atoms. The summed E-state index contributed by atoms with van der Waals surface area (Å²) in [5.41, 5.74) is 0. The zero-order chi connectivity index (χ0) is 91.5. The highest BCUT2D eigenvalue weighted by atomic mass is 32.2. The van der Waals surface area contributed by atoms with Crippen LogP contribution in [-0.2, 0) is 120 Å². The van der Waals surface area contributed by atoms with Crippen molar-refractivity contribution < 1.29 is 236 Å². The topological polar surface area (TPSA) is 770 Å². The number of carboxylic acids is 7. The average Bonchev–Trinajstić information content (AvgIpc) is 0.766. The summed E-state index contributed by atoms with van der Waals surface area (Å²) in [4.78, 5) is 82.3. The standard InChI is InChI=1S/C69H108O48S8/c70-31(71)1-8-118-15-23-54-38(84)46(92)62(102-23)111-55-24(16-119-9-2-32(72)73)104-64(48(94)40(55)86)113-57-26(18-121-11-4-34(76)77)106-66(50(96)42(57)88)115-59-28(20-123-13-6-36(80)81)108-68(52(98)44(59)90)117-61-30(22-125(100)101)109-69(53(99)45(61)91)116-60-29(21-124-14-7-37(82)83)107-67(51(97)43(60)89)114-58-27(19-122-12-5-35(78)79)105-65(49(95)41(58)87)112-56-25(17-120-10-3-33(74)75)103-63(110-54)47(93)39(56)85/h23-30,38-69,84-99H,1-22H2,(H,70,71)(H,72,73)(H,74,75)(H,76,77)(H,78,79)(H,80,81)(H,82,83)(H,100,101)/t23-,24-,25-,26-,27-,28-,29-,30-,38-,39-,40-,41-,42-,43-,44-,45-,46-,47-,48-,49-,50-,51-,52-,53-,54-,55-,56-,57-,58?,59-,60-,61-,62-,63-,64-,65-,66-,67-,68-,69-/m1/s1. The lowest BCUT2D eigenvalue weighted by Crippen LogP contribution is -2.69. The summed E-state index contributed by atoms with van der Waals surface area (Å²) < 4.78 is 122. The van der Waals surface area contributed by atoms with Gasteiger partial charge in [-0.05, 0) is 0 Å². The van der Waals surface area contributed by atoms with Crippen LogP contribution in [0.2, 0.25) is 0 Å². The summed E-state index contributed by atoms with van der Waals surface area (Å²) in [5, 5.41) is 261. The number of rotatable bonds is 37. The molecule has 125 heavy (non-hydrogen) atoms. The van der Waals surface area contributed by atoms with Gasteiger partial charge in [0.2, 0.25) is 0 Å². The molecule has 56 heteroatoms. The van der Waals surface area contributed by atoms with Gasteiger partial charge < -0.3 is 198 Å². The van der Waals surface area contributed by atoms with E-state index in [4.69, 9.17) is 75.8 Å². The minimum atomic E-state index is -2.95. The van der Waals surface area contributed by atoms with E-state index in [-0.39, 0.29) is 57.5 Å². The van der Waals surface area contributed by atoms with Gasteiger partial charge in [-0.15, -0.1) is 0 Å². The fourth-order valence-corrected chi connectivity index (χ4v) is 21.9. The fourth-order valence-electron chi connectivity index (χ4n) is 14.5. The molecular weight excluding hydrogens is 1850 g/mol. The second kappa shape index (κ2) is 50.8. The van der Waals surface area contributed by atoms with Crippen molar-refractivity contribution in [3.8, 4) is 0 Å². The van der Waals surface area contributed by atoms with Crippen molar-refractivity contribution >= 4 is 135 Å². The van der Waals surface area contributed by atoms with Crippen LogP contribution in [0, 0.1) is 0 Å². The number of hydrogen-bond donors (Lipinski definition) is 24. The van der Waals surface area contributed by atoms with E-state index < -0.39 is 372 Å². The molecule has 30 rings (SSSR count). The maximum absolute atomic E-state index is 12.8. The first-order valence-corrected chi connectivity index (χ1v) is 48.6. The molecule has 0 saturated carbocycles. The van der Waals surface area contributed by atoms with E-state index in [1.807, 2.05) is 0 Å². The number of hydrogen-bond acceptors (Lipinski definition) is 47. The van der Waals surface area contributed by atoms with Crippen molar-refractivity contribution in [2.75, 3.05) is 86.3 Å². The number of carbonyl (C=O) groups is 7. The third-order valence-electron chi connectivity index (χ3n) is 21.0. The van der Waals surface area contributed by atoms with Gasteiger partial charge in [-0.25, -0.2) is 4.21 Å². The van der Waals surface area contributed by atoms with Gasteiger partial charge in [-0.3, -0.25) is 33.6 Å². The molecule has 0 radical (unpaired) electrons. The Morgan fingerprint density at radius 1 is 0.200 bits per heavy atom. The first kappa shape index (κ1) is 106. The van der Waals surface area contributed by atoms with Crippen LogP contribution in [-0.4, -0.2) is 500 Å². The lowest BCUT2D eigenvalue weighted by molar-refractivity contribution is -0.396. The summed E-state index contributed by atoms with van der Waals surface area (Å²) in [6.45, 7) is 0. The zero-order valence-corrected chi connectivity index (χ0v) is 72.5. The van der Waals surface area contributed by atoms with Crippen LogP contribution in [0.1, 0.15) is 44.9 Å². The highest BCUT2D eigenvalue weighted by Gasteiger charge is 2.61. The van der Waals surface area contributed by atoms with E-state index in [0.29, 0.717) is 0 Å². The zero-order valence-electron chi connectivity index (χ0n) is 65.9. The molecule has 30 saturated heterocycles. The first-order chi connectivity index (χ1) is 59.2. The molecule has 30 aliphatic heterocycles. The maximum Gasteiger partial charge on any atom is 0.304 e. The van der Waals surface area contributed by atoms with Gasteiger partial charge in [-0.1, -0.05) is 0 Å². The normalized spacial score (nSPS) is 42.5. The van der Waals surface area contributed by atoms with Gasteiger partial charge in [0.25, 0.3) is 0 Å². The number of thioether (sulfide) groups is 7. The van der Waals surface area contributed by atoms with Crippen molar-refractivity contribution in [3.05, 3.63) is 0 Å². The van der Waals surface area contributed by atoms with Crippen LogP contribution in [0.5, 0.6) is 0 Å². The first-order valence-electron chi connectivity index (χ1n) is 39.3. The highest BCUT2D eigenvalue weighted by molar-refractivity contribution is 8.00. The minimum absolute atomic E-state index is 0.160. The third-order valence-corrected chi connectivity index (χ3v) is 29.0. The molecule has 0 aromatic carbocycles. The van der Waals surface area contributed by atoms with Gasteiger partial charge in [0.05, 0.1) is 93.4 Å². The van der Waals surface area contributed by atoms with E-state index >= 15 is 0 Å². The molecule has 30 heterocycles. The van der Waals surface area contributed by atoms with Gasteiger partial charge in [0.15, 0.2) is 61.4 Å². The van der Waals surface area contributed by atoms with Crippen LogP contribution >= 0.6 is 82.3 Å². The molecular formula is C69H108O48S8. The van der Waals surface area contributed by atoms with E-state index in [1.165, 1.54) is 0 Å². The van der Waals surface area contributed by atoms with Gasteiger partial charge in [0, 0.05) is 80.5 Å². The molecule has 0 amide bonds. The molecule has 0 aromatic heterocycles. The number of carboxylic acid groups (broad SMARTS) is 7. The predicted octanol–water partition coefficient (Wildman–Crippen LogP) is -8.67. The van der Waals surface area contributed by atoms with Crippen molar-refractivity contribution in [1.82, 2.24) is 0 Å². The minimum Gasteiger partial charge on any atom is -0.481 e. The smallest absolute Gasteiger partial charge is 0.304 e. The van der Waals surface area contributed by atoms with Crippen molar-refractivity contribution in [2.24, 2.45) is 0 Å². The largest absolute Gasteiger partial charge is 0.481 e. The summed E-state index contributed by atoms with van der Waals surface area (Å²) >= 11 is 3.11. The SMILES string of the molecule is O=C(O)CCSC[C@H]1O[C@@H]2O[C@H]3[C@H](O)[C@@H](O)[C@@H](O[C@H]4[C@H](O)[C@@H](O)[C@@H](O[C@H]5[C@H](O)[C@@H](O)[C@@H](O[C@H]6[C@H](O)[C@@H](O)[C@@H](O[C@H]7[C@H](O)[C@@H](O)[C@@H](O[C@H]8[C@H](O)[C@@H](O)[C@@H](O[C@H]9[C@H](O)[C@@H](O)[C@@H](OC1[C@H](O)[C@H]2O)O[C@@H]9CSCCC(=O)O)O[C@@H]8CS(=O)O)O[C@@H]7CSCCC(=O)O)O[C@@H]6CSCCC(=O)O)O[C@@H]5CSCCC(=O)O)O[C@@H]4CSCCC(=O)O)O[C@@H]3CSCCC(=O)O. The number of ether oxygens (including phenoxy) is 16. The van der Waals surface area contributed by atoms with Gasteiger partial charge >= 0.3 is 41.8 Å².